The molecule has 8 nitrogen and oxygen atoms in total. The number of anilines is 2. The fourth-order valence-electron chi connectivity index (χ4n) is 5.17. The van der Waals surface area contributed by atoms with Crippen molar-refractivity contribution in [3.8, 4) is 28.1 Å². The van der Waals surface area contributed by atoms with Crippen LogP contribution in [0.15, 0.2) is 66.2 Å². The second kappa shape index (κ2) is 11.3. The zero-order valence-corrected chi connectivity index (χ0v) is 23.3. The van der Waals surface area contributed by atoms with Gasteiger partial charge in [-0.05, 0) is 48.6 Å². The highest BCUT2D eigenvalue weighted by Crippen LogP contribution is 2.41. The summed E-state index contributed by atoms with van der Waals surface area (Å²) >= 11 is 1.30. The third kappa shape index (κ3) is 5.78. The molecule has 2 aromatic heterocycles. The number of benzene rings is 2. The van der Waals surface area contributed by atoms with Crippen LogP contribution in [-0.2, 0) is 16.0 Å². The number of hydrogen-bond donors (Lipinski definition) is 1. The standard InChI is InChI=1S/C31H29FN4O4S/c1-35-11-12-40-27-14-21(17-33-29(27)35)24-10-7-22(32)16-25(24)26-18-41-31(34-26)36(23-8-9-23)30(39)20(15-28(37)38)13-19-5-3-2-4-6-19/h2-7,10,14,16-18,20,23H,8-9,11-13,15H2,1H3,(H,37,38). The predicted octanol–water partition coefficient (Wildman–Crippen LogP) is 5.67. The van der Waals surface area contributed by atoms with Gasteiger partial charge in [0.05, 0.1) is 24.6 Å². The van der Waals surface area contributed by atoms with Gasteiger partial charge in [-0.3, -0.25) is 14.5 Å². The molecule has 1 fully saturated rings. The van der Waals surface area contributed by atoms with Crippen LogP contribution < -0.4 is 14.5 Å². The summed E-state index contributed by atoms with van der Waals surface area (Å²) in [6.45, 7) is 1.30. The van der Waals surface area contributed by atoms with Gasteiger partial charge in [-0.2, -0.15) is 0 Å². The number of ether oxygens (including phenoxy) is 1. The Morgan fingerprint density at radius 1 is 1.17 bits per heavy atom. The smallest absolute Gasteiger partial charge is 0.304 e. The van der Waals surface area contributed by atoms with Crippen LogP contribution in [0.3, 0.4) is 0 Å². The Morgan fingerprint density at radius 3 is 2.73 bits per heavy atom. The third-order valence-electron chi connectivity index (χ3n) is 7.39. The SMILES string of the molecule is CN1CCOc2cc(-c3ccc(F)cc3-c3csc(N(C(=O)C(CC(=O)O)Cc4ccccc4)C4CC4)n3)cnc21. The van der Waals surface area contributed by atoms with Gasteiger partial charge in [0.15, 0.2) is 16.7 Å². The van der Waals surface area contributed by atoms with E-state index in [2.05, 4.69) is 4.98 Å². The summed E-state index contributed by atoms with van der Waals surface area (Å²) in [5, 5.41) is 11.9. The van der Waals surface area contributed by atoms with Gasteiger partial charge in [0.2, 0.25) is 5.91 Å². The van der Waals surface area contributed by atoms with Gasteiger partial charge in [0, 0.05) is 35.8 Å². The molecule has 1 atom stereocenters. The number of halogens is 1. The molecule has 0 bridgehead atoms. The highest BCUT2D eigenvalue weighted by Gasteiger charge is 2.39. The molecule has 0 spiro atoms. The van der Waals surface area contributed by atoms with E-state index in [9.17, 15) is 19.1 Å². The topological polar surface area (TPSA) is 95.9 Å². The number of pyridine rings is 1. The largest absolute Gasteiger partial charge is 0.488 e. The molecule has 0 saturated heterocycles. The van der Waals surface area contributed by atoms with Crippen molar-refractivity contribution in [3.63, 3.8) is 0 Å². The third-order valence-corrected chi connectivity index (χ3v) is 8.23. The fourth-order valence-corrected chi connectivity index (χ4v) is 6.07. The summed E-state index contributed by atoms with van der Waals surface area (Å²) < 4.78 is 20.4. The van der Waals surface area contributed by atoms with Crippen molar-refractivity contribution < 1.29 is 23.8 Å². The average Bonchev–Trinajstić information content (AvgIpc) is 3.68. The summed E-state index contributed by atoms with van der Waals surface area (Å²) in [7, 11) is 1.96. The predicted molar refractivity (Wildman–Crippen MR) is 156 cm³/mol. The maximum atomic E-state index is 14.5. The summed E-state index contributed by atoms with van der Waals surface area (Å²) in [6, 6.07) is 15.9. The van der Waals surface area contributed by atoms with Gasteiger partial charge in [0.1, 0.15) is 12.4 Å². The van der Waals surface area contributed by atoms with Crippen LogP contribution in [0.25, 0.3) is 22.4 Å². The highest BCUT2D eigenvalue weighted by atomic mass is 32.1. The van der Waals surface area contributed by atoms with E-state index in [0.29, 0.717) is 35.2 Å². The van der Waals surface area contributed by atoms with Crippen LogP contribution in [0.2, 0.25) is 0 Å². The second-order valence-corrected chi connectivity index (χ2v) is 11.3. The molecule has 1 aliphatic heterocycles. The molecular formula is C31H29FN4O4S. The number of fused-ring (bicyclic) bond motifs is 1. The second-order valence-electron chi connectivity index (χ2n) is 10.4. The van der Waals surface area contributed by atoms with Gasteiger partial charge in [-0.1, -0.05) is 36.4 Å². The first kappa shape index (κ1) is 26.9. The Morgan fingerprint density at radius 2 is 1.98 bits per heavy atom. The maximum Gasteiger partial charge on any atom is 0.304 e. The van der Waals surface area contributed by atoms with Crippen molar-refractivity contribution in [2.75, 3.05) is 30.0 Å². The molecule has 1 unspecified atom stereocenters. The minimum atomic E-state index is -1.02. The van der Waals surface area contributed by atoms with E-state index in [0.717, 1.165) is 41.9 Å². The number of carbonyl (C=O) groups excluding carboxylic acids is 1. The van der Waals surface area contributed by atoms with Crippen LogP contribution in [0, 0.1) is 11.7 Å². The van der Waals surface area contributed by atoms with Crippen LogP contribution in [-0.4, -0.2) is 53.2 Å². The lowest BCUT2D eigenvalue weighted by Gasteiger charge is -2.26. The summed E-state index contributed by atoms with van der Waals surface area (Å²) in [5.74, 6) is -0.983. The van der Waals surface area contributed by atoms with Crippen molar-refractivity contribution >= 4 is 34.2 Å². The van der Waals surface area contributed by atoms with E-state index in [1.54, 1.807) is 17.2 Å². The molecule has 1 amide bonds. The molecule has 1 N–H and O–H groups in total. The van der Waals surface area contributed by atoms with E-state index in [1.165, 1.54) is 23.5 Å². The molecule has 41 heavy (non-hydrogen) atoms. The Labute approximate surface area is 241 Å². The first-order valence-corrected chi connectivity index (χ1v) is 14.4. The number of carbonyl (C=O) groups is 2. The molecule has 0 radical (unpaired) electrons. The molecule has 1 aliphatic carbocycles. The normalized spacial score (nSPS) is 15.1. The summed E-state index contributed by atoms with van der Waals surface area (Å²) in [5.41, 5.74) is 3.52. The van der Waals surface area contributed by atoms with Crippen molar-refractivity contribution in [2.24, 2.45) is 5.92 Å². The number of rotatable bonds is 9. The first-order chi connectivity index (χ1) is 19.9. The zero-order chi connectivity index (χ0) is 28.5. The molecular weight excluding hydrogens is 543 g/mol. The lowest BCUT2D eigenvalue weighted by atomic mass is 9.94. The maximum absolute atomic E-state index is 14.5. The van der Waals surface area contributed by atoms with Crippen LogP contribution >= 0.6 is 11.3 Å². The number of hydrogen-bond acceptors (Lipinski definition) is 7. The fraction of sp³-hybridized carbons (Fsp3) is 0.290. The minimum absolute atomic E-state index is 0.0282. The number of nitrogens with zero attached hydrogens (tertiary/aromatic N) is 4. The summed E-state index contributed by atoms with van der Waals surface area (Å²) in [6.07, 6.45) is 3.45. The van der Waals surface area contributed by atoms with Gasteiger partial charge in [-0.15, -0.1) is 11.3 Å². The van der Waals surface area contributed by atoms with Crippen molar-refractivity contribution in [1.29, 1.82) is 0 Å². The Hall–Kier alpha value is -4.31. The van der Waals surface area contributed by atoms with E-state index < -0.39 is 17.7 Å². The molecule has 3 heterocycles. The molecule has 1 saturated carbocycles. The van der Waals surface area contributed by atoms with Crippen LogP contribution in [0.1, 0.15) is 24.8 Å². The number of carboxylic acids is 1. The molecule has 210 valence electrons. The molecule has 2 aliphatic rings. The van der Waals surface area contributed by atoms with Crippen LogP contribution in [0.5, 0.6) is 5.75 Å². The monoisotopic (exact) mass is 572 g/mol. The number of aromatic nitrogens is 2. The van der Waals surface area contributed by atoms with E-state index in [-0.39, 0.29) is 18.4 Å². The molecule has 2 aromatic carbocycles. The van der Waals surface area contributed by atoms with Crippen molar-refractivity contribution in [2.45, 2.75) is 31.7 Å². The number of aliphatic carboxylic acids is 1. The zero-order valence-electron chi connectivity index (χ0n) is 22.5. The number of carboxylic acid groups (broad SMARTS) is 1. The lowest BCUT2D eigenvalue weighted by molar-refractivity contribution is -0.140. The number of amides is 1. The van der Waals surface area contributed by atoms with Gasteiger partial charge >= 0.3 is 5.97 Å². The van der Waals surface area contributed by atoms with Gasteiger partial charge < -0.3 is 14.7 Å². The van der Waals surface area contributed by atoms with E-state index in [4.69, 9.17) is 9.72 Å². The highest BCUT2D eigenvalue weighted by molar-refractivity contribution is 7.14. The number of likely N-dealkylation sites (N-methyl/N-ethyl adjacent to an activating group) is 1. The van der Waals surface area contributed by atoms with Crippen LogP contribution in [0.4, 0.5) is 15.3 Å². The number of thiazole rings is 1. The van der Waals surface area contributed by atoms with Crippen molar-refractivity contribution in [1.82, 2.24) is 9.97 Å². The Kier molecular flexibility index (Phi) is 7.40. The quantitative estimate of drug-likeness (QED) is 0.276. The minimum Gasteiger partial charge on any atom is -0.488 e. The summed E-state index contributed by atoms with van der Waals surface area (Å²) in [4.78, 5) is 38.7. The van der Waals surface area contributed by atoms with E-state index >= 15 is 0 Å². The molecule has 4 aromatic rings. The first-order valence-electron chi connectivity index (χ1n) is 13.6. The van der Waals surface area contributed by atoms with Gasteiger partial charge in [-0.25, -0.2) is 14.4 Å². The lowest BCUT2D eigenvalue weighted by Crippen LogP contribution is -2.39. The molecule has 10 heteroatoms. The average molecular weight is 573 g/mol. The van der Waals surface area contributed by atoms with Gasteiger partial charge in [0.25, 0.3) is 0 Å². The van der Waals surface area contributed by atoms with Crippen molar-refractivity contribution in [3.05, 3.63) is 77.6 Å². The van der Waals surface area contributed by atoms with E-state index in [1.807, 2.05) is 53.7 Å². The Bertz CT molecular complexity index is 1590. The Balaban J connectivity index is 1.33. The molecule has 6 rings (SSSR count).